The molecule has 27 heavy (non-hydrogen) atoms. The van der Waals surface area contributed by atoms with Gasteiger partial charge in [0, 0.05) is 51.5 Å². The zero-order chi connectivity index (χ0) is 18.8. The number of nitrogens with zero attached hydrogens (tertiary/aromatic N) is 7. The molecule has 1 atom stereocenters. The van der Waals surface area contributed by atoms with Crippen LogP contribution in [0.1, 0.15) is 48.9 Å². The van der Waals surface area contributed by atoms with Crippen molar-refractivity contribution < 1.29 is 5.11 Å². The molecule has 2 aliphatic rings. The summed E-state index contributed by atoms with van der Waals surface area (Å²) in [6.45, 7) is 6.58. The predicted molar refractivity (Wildman–Crippen MR) is 102 cm³/mol. The van der Waals surface area contributed by atoms with E-state index in [9.17, 15) is 5.11 Å². The maximum absolute atomic E-state index is 9.69. The molecule has 146 valence electrons. The molecule has 0 bridgehead atoms. The quantitative estimate of drug-likeness (QED) is 0.866. The lowest BCUT2D eigenvalue weighted by molar-refractivity contribution is 0.0775. The molecule has 2 aliphatic heterocycles. The molecule has 2 aromatic rings. The summed E-state index contributed by atoms with van der Waals surface area (Å²) in [7, 11) is 2.08. The third-order valence-electron chi connectivity index (χ3n) is 5.86. The molecular weight excluding hydrogens is 342 g/mol. The lowest BCUT2D eigenvalue weighted by Gasteiger charge is -2.33. The molecule has 4 heterocycles. The largest absolute Gasteiger partial charge is 0.393 e. The molecular formula is C19H29N7O. The van der Waals surface area contributed by atoms with Crippen molar-refractivity contribution in [1.29, 1.82) is 0 Å². The number of likely N-dealkylation sites (tertiary alicyclic amines) is 1. The molecule has 0 amide bonds. The maximum Gasteiger partial charge on any atom is 0.150 e. The summed E-state index contributed by atoms with van der Waals surface area (Å²) in [4.78, 5) is 13.6. The Balaban J connectivity index is 1.45. The summed E-state index contributed by atoms with van der Waals surface area (Å²) in [6, 6.07) is 0. The van der Waals surface area contributed by atoms with Crippen LogP contribution in [0.25, 0.3) is 0 Å². The van der Waals surface area contributed by atoms with Gasteiger partial charge < -0.3 is 14.6 Å². The predicted octanol–water partition coefficient (Wildman–Crippen LogP) is 1.25. The summed E-state index contributed by atoms with van der Waals surface area (Å²) in [5.74, 6) is 3.41. The molecule has 4 rings (SSSR count). The Morgan fingerprint density at radius 3 is 2.63 bits per heavy atom. The van der Waals surface area contributed by atoms with Crippen LogP contribution in [-0.2, 0) is 13.6 Å². The van der Waals surface area contributed by atoms with Crippen molar-refractivity contribution in [2.24, 2.45) is 7.05 Å². The molecule has 0 aliphatic carbocycles. The van der Waals surface area contributed by atoms with E-state index in [1.165, 1.54) is 0 Å². The van der Waals surface area contributed by atoms with Crippen LogP contribution >= 0.6 is 0 Å². The van der Waals surface area contributed by atoms with Crippen LogP contribution in [0.2, 0.25) is 0 Å². The number of rotatable bonds is 4. The summed E-state index contributed by atoms with van der Waals surface area (Å²) in [5.41, 5.74) is 0.976. The zero-order valence-electron chi connectivity index (χ0n) is 16.3. The van der Waals surface area contributed by atoms with Crippen molar-refractivity contribution in [3.05, 3.63) is 29.7 Å². The third-order valence-corrected chi connectivity index (χ3v) is 5.86. The lowest BCUT2D eigenvalue weighted by atomic mass is 9.97. The van der Waals surface area contributed by atoms with E-state index in [0.717, 1.165) is 81.6 Å². The van der Waals surface area contributed by atoms with Crippen molar-refractivity contribution in [3.8, 4) is 0 Å². The van der Waals surface area contributed by atoms with Gasteiger partial charge in [0.2, 0.25) is 0 Å². The van der Waals surface area contributed by atoms with Gasteiger partial charge in [0.25, 0.3) is 0 Å². The Morgan fingerprint density at radius 2 is 1.85 bits per heavy atom. The molecule has 0 spiro atoms. The first-order valence-corrected chi connectivity index (χ1v) is 9.93. The van der Waals surface area contributed by atoms with Crippen molar-refractivity contribution in [3.63, 3.8) is 0 Å². The average Bonchev–Trinajstić information content (AvgIpc) is 3.04. The van der Waals surface area contributed by atoms with Gasteiger partial charge in [0.1, 0.15) is 17.5 Å². The molecule has 1 N–H and O–H groups in total. The maximum atomic E-state index is 9.69. The van der Waals surface area contributed by atoms with E-state index >= 15 is 0 Å². The van der Waals surface area contributed by atoms with E-state index in [4.69, 9.17) is 0 Å². The summed E-state index contributed by atoms with van der Waals surface area (Å²) in [5, 5.41) is 18.7. The van der Waals surface area contributed by atoms with Gasteiger partial charge in [-0.25, -0.2) is 4.98 Å². The minimum absolute atomic E-state index is 0.144. The minimum Gasteiger partial charge on any atom is -0.393 e. The third kappa shape index (κ3) is 3.96. The van der Waals surface area contributed by atoms with Gasteiger partial charge in [0.05, 0.1) is 18.3 Å². The van der Waals surface area contributed by atoms with Crippen LogP contribution < -0.4 is 4.90 Å². The fourth-order valence-electron chi connectivity index (χ4n) is 4.24. The number of hydrogen-bond acceptors (Lipinski definition) is 7. The van der Waals surface area contributed by atoms with Gasteiger partial charge in [-0.15, -0.1) is 10.2 Å². The van der Waals surface area contributed by atoms with Crippen LogP contribution in [0.15, 0.2) is 12.4 Å². The van der Waals surface area contributed by atoms with E-state index in [1.807, 2.05) is 6.92 Å². The van der Waals surface area contributed by atoms with Gasteiger partial charge in [-0.3, -0.25) is 9.88 Å². The number of aryl methyl sites for hydroxylation is 1. The Morgan fingerprint density at radius 1 is 1.07 bits per heavy atom. The molecule has 2 saturated heterocycles. The van der Waals surface area contributed by atoms with Crippen LogP contribution in [0, 0.1) is 6.92 Å². The smallest absolute Gasteiger partial charge is 0.150 e. The van der Waals surface area contributed by atoms with E-state index in [0.29, 0.717) is 5.92 Å². The van der Waals surface area contributed by atoms with Crippen LogP contribution in [0.3, 0.4) is 0 Å². The molecule has 2 fully saturated rings. The Hall–Kier alpha value is -2.06. The van der Waals surface area contributed by atoms with Crippen LogP contribution in [0.5, 0.6) is 0 Å². The topological polar surface area (TPSA) is 83.2 Å². The average molecular weight is 371 g/mol. The summed E-state index contributed by atoms with van der Waals surface area (Å²) in [6.07, 6.45) is 7.30. The minimum atomic E-state index is -0.144. The first-order chi connectivity index (χ1) is 13.1. The fourth-order valence-corrected chi connectivity index (χ4v) is 4.24. The van der Waals surface area contributed by atoms with Gasteiger partial charge >= 0.3 is 0 Å². The Bertz CT molecular complexity index is 769. The van der Waals surface area contributed by atoms with Gasteiger partial charge in [-0.1, -0.05) is 0 Å². The molecule has 0 unspecified atom stereocenters. The van der Waals surface area contributed by atoms with E-state index in [-0.39, 0.29) is 6.10 Å². The molecule has 8 nitrogen and oxygen atoms in total. The van der Waals surface area contributed by atoms with Crippen molar-refractivity contribution >= 4 is 5.82 Å². The van der Waals surface area contributed by atoms with Crippen molar-refractivity contribution in [2.75, 3.05) is 31.1 Å². The standard InChI is InChI=1S/C19H29N7O/c1-14-18(21-8-7-20-14)26-9-3-4-15(12-26)19-23-22-17(24(19)2)13-25-10-5-16(27)6-11-25/h7-8,15-16,27H,3-6,9-13H2,1-2H3/t15-/m0/s1. The second-order valence-corrected chi connectivity index (χ2v) is 7.79. The highest BCUT2D eigenvalue weighted by Crippen LogP contribution is 2.29. The van der Waals surface area contributed by atoms with Crippen LogP contribution in [-0.4, -0.2) is 67.0 Å². The number of aliphatic hydroxyl groups is 1. The first-order valence-electron chi connectivity index (χ1n) is 9.93. The van der Waals surface area contributed by atoms with E-state index in [1.54, 1.807) is 12.4 Å². The van der Waals surface area contributed by atoms with Gasteiger partial charge in [-0.05, 0) is 32.6 Å². The number of aromatic nitrogens is 5. The Labute approximate surface area is 160 Å². The normalized spacial score (nSPS) is 22.3. The second kappa shape index (κ2) is 7.90. The molecule has 2 aromatic heterocycles. The summed E-state index contributed by atoms with van der Waals surface area (Å²) < 4.78 is 2.17. The lowest BCUT2D eigenvalue weighted by Crippen LogP contribution is -2.37. The molecule has 0 radical (unpaired) electrons. The number of anilines is 1. The Kier molecular flexibility index (Phi) is 5.36. The SMILES string of the molecule is Cc1nccnc1N1CCC[C@H](c2nnc(CN3CCC(O)CC3)n2C)C1. The van der Waals surface area contributed by atoms with Gasteiger partial charge in [-0.2, -0.15) is 0 Å². The zero-order valence-corrected chi connectivity index (χ0v) is 16.3. The van der Waals surface area contributed by atoms with Crippen LogP contribution in [0.4, 0.5) is 5.82 Å². The second-order valence-electron chi connectivity index (χ2n) is 7.79. The number of piperidine rings is 2. The fraction of sp³-hybridized carbons (Fsp3) is 0.684. The number of aliphatic hydroxyl groups excluding tert-OH is 1. The number of hydrogen-bond donors (Lipinski definition) is 1. The first kappa shape index (κ1) is 18.3. The van der Waals surface area contributed by atoms with E-state index in [2.05, 4.69) is 41.6 Å². The molecule has 0 saturated carbocycles. The molecule has 0 aromatic carbocycles. The van der Waals surface area contributed by atoms with Crippen molar-refractivity contribution in [2.45, 2.75) is 51.2 Å². The van der Waals surface area contributed by atoms with Crippen molar-refractivity contribution in [1.82, 2.24) is 29.6 Å². The van der Waals surface area contributed by atoms with E-state index < -0.39 is 0 Å². The highest BCUT2D eigenvalue weighted by Gasteiger charge is 2.28. The monoisotopic (exact) mass is 371 g/mol. The molecule has 8 heteroatoms. The van der Waals surface area contributed by atoms with Gasteiger partial charge in [0.15, 0.2) is 0 Å². The highest BCUT2D eigenvalue weighted by molar-refractivity contribution is 5.43. The highest BCUT2D eigenvalue weighted by atomic mass is 16.3. The summed E-state index contributed by atoms with van der Waals surface area (Å²) >= 11 is 0.